The molecule has 0 saturated heterocycles. The SMILES string of the molecule is CC1=C(C)C(=O)C(C(C)(C)C(C(=O)O)c2ccc(CO)cc2)=C(C)C1=O. The van der Waals surface area contributed by atoms with Gasteiger partial charge < -0.3 is 10.2 Å². The van der Waals surface area contributed by atoms with Gasteiger partial charge in [0, 0.05) is 27.7 Å². The first-order valence-corrected chi connectivity index (χ1v) is 8.44. The minimum Gasteiger partial charge on any atom is -0.481 e. The highest BCUT2D eigenvalue weighted by Gasteiger charge is 2.45. The zero-order chi connectivity index (χ0) is 19.8. The van der Waals surface area contributed by atoms with Crippen LogP contribution in [-0.2, 0) is 21.0 Å². The van der Waals surface area contributed by atoms with E-state index in [0.29, 0.717) is 27.8 Å². The van der Waals surface area contributed by atoms with E-state index < -0.39 is 17.3 Å². The zero-order valence-electron chi connectivity index (χ0n) is 15.7. The molecule has 26 heavy (non-hydrogen) atoms. The highest BCUT2D eigenvalue weighted by molar-refractivity contribution is 6.25. The van der Waals surface area contributed by atoms with E-state index in [1.165, 1.54) is 0 Å². The lowest BCUT2D eigenvalue weighted by Crippen LogP contribution is -2.37. The van der Waals surface area contributed by atoms with E-state index in [9.17, 15) is 24.6 Å². The molecule has 1 aliphatic rings. The van der Waals surface area contributed by atoms with Crippen molar-refractivity contribution in [3.8, 4) is 0 Å². The summed E-state index contributed by atoms with van der Waals surface area (Å²) in [5.74, 6) is -2.58. The van der Waals surface area contributed by atoms with E-state index in [4.69, 9.17) is 0 Å². The Labute approximate surface area is 153 Å². The highest BCUT2D eigenvalue weighted by Crippen LogP contribution is 2.46. The number of benzene rings is 1. The van der Waals surface area contributed by atoms with E-state index >= 15 is 0 Å². The molecule has 138 valence electrons. The van der Waals surface area contributed by atoms with Crippen molar-refractivity contribution in [2.75, 3.05) is 0 Å². The molecule has 0 aromatic heterocycles. The van der Waals surface area contributed by atoms with Gasteiger partial charge in [-0.2, -0.15) is 0 Å². The number of aliphatic hydroxyl groups excluding tert-OH is 1. The normalized spacial score (nSPS) is 17.0. The van der Waals surface area contributed by atoms with E-state index in [2.05, 4.69) is 0 Å². The molecule has 0 radical (unpaired) electrons. The van der Waals surface area contributed by atoms with E-state index in [1.54, 1.807) is 58.9 Å². The minimum atomic E-state index is -1.09. The van der Waals surface area contributed by atoms with Crippen LogP contribution in [0.4, 0.5) is 0 Å². The second-order valence-electron chi connectivity index (χ2n) is 7.30. The molecule has 0 heterocycles. The first-order chi connectivity index (χ1) is 12.0. The second kappa shape index (κ2) is 7.00. The molecule has 1 unspecified atom stereocenters. The van der Waals surface area contributed by atoms with E-state index in [-0.39, 0.29) is 23.7 Å². The van der Waals surface area contributed by atoms with Gasteiger partial charge in [-0.1, -0.05) is 38.1 Å². The number of allylic oxidation sites excluding steroid dienone is 4. The Bertz CT molecular complexity index is 838. The number of carboxylic acid groups (broad SMARTS) is 1. The Morgan fingerprint density at radius 3 is 1.92 bits per heavy atom. The van der Waals surface area contributed by atoms with Crippen LogP contribution in [-0.4, -0.2) is 27.7 Å². The molecule has 0 amide bonds. The van der Waals surface area contributed by atoms with Crippen LogP contribution in [0.2, 0.25) is 0 Å². The maximum absolute atomic E-state index is 12.9. The van der Waals surface area contributed by atoms with Crippen molar-refractivity contribution >= 4 is 17.5 Å². The molecule has 2 rings (SSSR count). The lowest BCUT2D eigenvalue weighted by Gasteiger charge is -2.36. The number of Topliss-reactive ketones (excluding diaryl/α,β-unsaturated/α-hetero) is 2. The molecular formula is C21H24O5. The zero-order valence-corrected chi connectivity index (χ0v) is 15.7. The average Bonchev–Trinajstić information content (AvgIpc) is 2.58. The molecule has 1 aromatic carbocycles. The first kappa shape index (κ1) is 19.8. The minimum absolute atomic E-state index is 0.137. The Morgan fingerprint density at radius 2 is 1.46 bits per heavy atom. The Kier molecular flexibility index (Phi) is 5.33. The number of hydrogen-bond acceptors (Lipinski definition) is 4. The van der Waals surface area contributed by atoms with Gasteiger partial charge in [0.05, 0.1) is 12.5 Å². The van der Waals surface area contributed by atoms with Gasteiger partial charge >= 0.3 is 5.97 Å². The van der Waals surface area contributed by atoms with Gasteiger partial charge in [0.2, 0.25) is 0 Å². The predicted molar refractivity (Wildman–Crippen MR) is 97.6 cm³/mol. The summed E-state index contributed by atoms with van der Waals surface area (Å²) in [5.41, 5.74) is 1.43. The van der Waals surface area contributed by atoms with Crippen LogP contribution in [0.1, 0.15) is 51.7 Å². The van der Waals surface area contributed by atoms with Gasteiger partial charge in [-0.3, -0.25) is 14.4 Å². The van der Waals surface area contributed by atoms with Crippen molar-refractivity contribution in [3.05, 3.63) is 57.7 Å². The van der Waals surface area contributed by atoms with Crippen molar-refractivity contribution in [2.24, 2.45) is 5.41 Å². The van der Waals surface area contributed by atoms with Crippen LogP contribution in [0.3, 0.4) is 0 Å². The van der Waals surface area contributed by atoms with Crippen molar-refractivity contribution < 1.29 is 24.6 Å². The topological polar surface area (TPSA) is 91.7 Å². The van der Waals surface area contributed by atoms with E-state index in [0.717, 1.165) is 0 Å². The smallest absolute Gasteiger partial charge is 0.311 e. The molecule has 5 nitrogen and oxygen atoms in total. The molecule has 0 fully saturated rings. The first-order valence-electron chi connectivity index (χ1n) is 8.44. The molecule has 0 aliphatic heterocycles. The van der Waals surface area contributed by atoms with Gasteiger partial charge in [-0.15, -0.1) is 0 Å². The lowest BCUT2D eigenvalue weighted by atomic mass is 9.64. The van der Waals surface area contributed by atoms with Gasteiger partial charge in [0.15, 0.2) is 11.6 Å². The summed E-state index contributed by atoms with van der Waals surface area (Å²) >= 11 is 0. The number of aliphatic carboxylic acids is 1. The lowest BCUT2D eigenvalue weighted by molar-refractivity contribution is -0.141. The van der Waals surface area contributed by atoms with E-state index in [1.807, 2.05) is 0 Å². The number of carboxylic acids is 1. The third-order valence-electron chi connectivity index (χ3n) is 5.29. The van der Waals surface area contributed by atoms with Crippen LogP contribution in [0.25, 0.3) is 0 Å². The summed E-state index contributed by atoms with van der Waals surface area (Å²) in [6.45, 7) is 8.03. The van der Waals surface area contributed by atoms with Gasteiger partial charge in [0.1, 0.15) is 0 Å². The summed E-state index contributed by atoms with van der Waals surface area (Å²) in [5, 5.41) is 19.1. The Morgan fingerprint density at radius 1 is 0.962 bits per heavy atom. The van der Waals surface area contributed by atoms with Crippen molar-refractivity contribution in [3.63, 3.8) is 0 Å². The van der Waals surface area contributed by atoms with Crippen LogP contribution < -0.4 is 0 Å². The third kappa shape index (κ3) is 3.15. The molecule has 2 N–H and O–H groups in total. The largest absolute Gasteiger partial charge is 0.481 e. The molecule has 5 heteroatoms. The summed E-state index contributed by atoms with van der Waals surface area (Å²) in [6.07, 6.45) is 0. The monoisotopic (exact) mass is 356 g/mol. The number of carbonyl (C=O) groups excluding carboxylic acids is 2. The predicted octanol–water partition coefficient (Wildman–Crippen LogP) is 3.18. The van der Waals surface area contributed by atoms with Crippen LogP contribution in [0, 0.1) is 5.41 Å². The Hall–Kier alpha value is -2.53. The third-order valence-corrected chi connectivity index (χ3v) is 5.29. The number of ketones is 2. The fraction of sp³-hybridized carbons (Fsp3) is 0.381. The molecule has 0 saturated carbocycles. The molecule has 1 aliphatic carbocycles. The molecule has 0 spiro atoms. The number of hydrogen-bond donors (Lipinski definition) is 2. The maximum atomic E-state index is 12.9. The average molecular weight is 356 g/mol. The standard InChI is InChI=1S/C21H24O5/c1-11-12(2)19(24)16(13(3)18(11)23)21(4,5)17(20(25)26)15-8-6-14(10-22)7-9-15/h6-9,17,22H,10H2,1-5H3,(H,25,26). The highest BCUT2D eigenvalue weighted by atomic mass is 16.4. The van der Waals surface area contributed by atoms with Gasteiger partial charge in [0.25, 0.3) is 0 Å². The number of carbonyl (C=O) groups is 3. The molecule has 1 atom stereocenters. The number of rotatable bonds is 5. The van der Waals surface area contributed by atoms with Crippen LogP contribution in [0.15, 0.2) is 46.6 Å². The van der Waals surface area contributed by atoms with Crippen molar-refractivity contribution in [2.45, 2.75) is 47.1 Å². The van der Waals surface area contributed by atoms with Gasteiger partial charge in [-0.05, 0) is 31.9 Å². The summed E-state index contributed by atoms with van der Waals surface area (Å²) in [6, 6.07) is 6.60. The summed E-state index contributed by atoms with van der Waals surface area (Å²) in [4.78, 5) is 37.5. The van der Waals surface area contributed by atoms with Crippen molar-refractivity contribution in [1.29, 1.82) is 0 Å². The maximum Gasteiger partial charge on any atom is 0.311 e. The molecule has 1 aromatic rings. The number of aliphatic hydroxyl groups is 1. The van der Waals surface area contributed by atoms with Crippen LogP contribution in [0.5, 0.6) is 0 Å². The molecule has 0 bridgehead atoms. The van der Waals surface area contributed by atoms with Crippen molar-refractivity contribution in [1.82, 2.24) is 0 Å². The van der Waals surface area contributed by atoms with Gasteiger partial charge in [-0.25, -0.2) is 0 Å². The van der Waals surface area contributed by atoms with Crippen LogP contribution >= 0.6 is 0 Å². The Balaban J connectivity index is 2.62. The second-order valence-corrected chi connectivity index (χ2v) is 7.30. The summed E-state index contributed by atoms with van der Waals surface area (Å²) in [7, 11) is 0. The molecular weight excluding hydrogens is 332 g/mol. The fourth-order valence-electron chi connectivity index (χ4n) is 3.70. The fourth-order valence-corrected chi connectivity index (χ4v) is 3.70. The quantitative estimate of drug-likeness (QED) is 0.791. The summed E-state index contributed by atoms with van der Waals surface area (Å²) < 4.78 is 0.